The normalized spacial score (nSPS) is 24.1. The molecule has 8 heteroatoms. The number of aliphatic imine (C=N–C) groups is 1. The molecule has 27 heavy (non-hydrogen) atoms. The zero-order valence-corrected chi connectivity index (χ0v) is 20.1. The molecule has 0 saturated carbocycles. The summed E-state index contributed by atoms with van der Waals surface area (Å²) in [5.41, 5.74) is 3.82. The topological polar surface area (TPSA) is 57.2 Å². The van der Waals surface area contributed by atoms with Gasteiger partial charge in [0.25, 0.3) is 0 Å². The molecule has 1 amide bonds. The van der Waals surface area contributed by atoms with Crippen molar-refractivity contribution in [3.05, 3.63) is 22.6 Å². The van der Waals surface area contributed by atoms with Crippen molar-refractivity contribution in [1.29, 1.82) is 0 Å². The van der Waals surface area contributed by atoms with Crippen LogP contribution in [0, 0.1) is 6.20 Å². The van der Waals surface area contributed by atoms with Crippen LogP contribution >= 0.6 is 11.6 Å². The summed E-state index contributed by atoms with van der Waals surface area (Å²) in [6.07, 6.45) is 8.69. The van der Waals surface area contributed by atoms with E-state index in [0.717, 1.165) is 18.4 Å². The van der Waals surface area contributed by atoms with Crippen LogP contribution in [0.15, 0.2) is 21.4 Å². The standard InChI is InChI=1S/C12H21NO2.C7H8ClN3.Na/c1-12(2,3)15-11(14)13-9-5-4-6-10(13)8-7-9;1-5-6(9-2)4-11(3)10-7(5)8;/h9-10H,4-8H2,1-3H3;2,10H,1,3H3;/q;-2;+1. The van der Waals surface area contributed by atoms with Crippen molar-refractivity contribution in [2.45, 2.75) is 77.5 Å². The maximum atomic E-state index is 12.0. The number of nitrogens with zero attached hydrogens (tertiary/aromatic N) is 3. The van der Waals surface area contributed by atoms with Gasteiger partial charge in [0, 0.05) is 24.3 Å². The van der Waals surface area contributed by atoms with E-state index >= 15 is 0 Å². The van der Waals surface area contributed by atoms with E-state index in [-0.39, 0.29) is 41.3 Å². The quantitative estimate of drug-likeness (QED) is 0.308. The molecule has 3 aliphatic heterocycles. The fourth-order valence-electron chi connectivity index (χ4n) is 3.46. The number of carbonyl (C=O) groups is 1. The number of hydrazine groups is 1. The Balaban J connectivity index is 0.000000273. The largest absolute Gasteiger partial charge is 1.00 e. The van der Waals surface area contributed by atoms with Gasteiger partial charge in [-0.2, -0.15) is 6.72 Å². The van der Waals surface area contributed by atoms with Gasteiger partial charge in [0.1, 0.15) is 5.60 Å². The summed E-state index contributed by atoms with van der Waals surface area (Å²) >= 11 is 5.79. The molecule has 3 rings (SSSR count). The number of rotatable bonds is 1. The molecule has 0 radical (unpaired) electrons. The minimum Gasteiger partial charge on any atom is -0.495 e. The second-order valence-electron chi connectivity index (χ2n) is 7.90. The molecule has 2 atom stereocenters. The van der Waals surface area contributed by atoms with Crippen molar-refractivity contribution in [3.63, 3.8) is 0 Å². The van der Waals surface area contributed by atoms with E-state index in [2.05, 4.69) is 16.6 Å². The number of fused-ring (bicyclic) bond motifs is 2. The Hall–Kier alpha value is -0.690. The predicted octanol–water partition coefficient (Wildman–Crippen LogP) is 1.07. The molecule has 0 aromatic heterocycles. The molecule has 0 aromatic carbocycles. The first-order valence-electron chi connectivity index (χ1n) is 9.05. The molecule has 2 unspecified atom stereocenters. The van der Waals surface area contributed by atoms with Gasteiger partial charge in [0.15, 0.2) is 0 Å². The third kappa shape index (κ3) is 6.70. The minimum atomic E-state index is -0.367. The summed E-state index contributed by atoms with van der Waals surface area (Å²) in [5.74, 6) is 0. The summed E-state index contributed by atoms with van der Waals surface area (Å²) < 4.78 is 5.44. The second kappa shape index (κ2) is 10.2. The number of halogens is 1. The molecule has 0 aliphatic carbocycles. The first-order chi connectivity index (χ1) is 12.1. The Morgan fingerprint density at radius 3 is 2.33 bits per heavy atom. The van der Waals surface area contributed by atoms with Crippen molar-refractivity contribution < 1.29 is 39.1 Å². The maximum Gasteiger partial charge on any atom is 1.00 e. The zero-order chi connectivity index (χ0) is 19.5. The monoisotopic (exact) mass is 403 g/mol. The number of ether oxygens (including phenoxy) is 1. The number of hydrogen-bond acceptors (Lipinski definition) is 5. The number of nitrogens with one attached hydrogen (secondary N) is 1. The van der Waals surface area contributed by atoms with Gasteiger partial charge < -0.3 is 25.1 Å². The third-order valence-electron chi connectivity index (χ3n) is 4.65. The maximum absolute atomic E-state index is 12.0. The Bertz CT molecular complexity index is 599. The molecule has 6 nitrogen and oxygen atoms in total. The molecule has 2 bridgehead atoms. The van der Waals surface area contributed by atoms with Gasteiger partial charge in [-0.15, -0.1) is 6.92 Å². The van der Waals surface area contributed by atoms with E-state index in [9.17, 15) is 4.79 Å². The van der Waals surface area contributed by atoms with E-state index in [1.165, 1.54) is 19.3 Å². The summed E-state index contributed by atoms with van der Waals surface area (Å²) in [5, 5.41) is 2.09. The van der Waals surface area contributed by atoms with Gasteiger partial charge in [0.05, 0.1) is 0 Å². The van der Waals surface area contributed by atoms with Crippen LogP contribution in [0.3, 0.4) is 0 Å². The third-order valence-corrected chi connectivity index (χ3v) is 5.02. The average Bonchev–Trinajstić information content (AvgIpc) is 2.79. The molecule has 2 saturated heterocycles. The number of hydrogen-bond donors (Lipinski definition) is 1. The summed E-state index contributed by atoms with van der Waals surface area (Å²) in [6.45, 7) is 12.7. The fraction of sp³-hybridized carbons (Fsp3) is 0.684. The van der Waals surface area contributed by atoms with Crippen LogP contribution in [0.5, 0.6) is 0 Å². The summed E-state index contributed by atoms with van der Waals surface area (Å²) in [7, 11) is 1.76. The van der Waals surface area contributed by atoms with Gasteiger partial charge in [-0.05, 0) is 52.9 Å². The van der Waals surface area contributed by atoms with Crippen LogP contribution in [-0.2, 0) is 4.74 Å². The van der Waals surface area contributed by atoms with Crippen LogP contribution in [0.1, 0.15) is 59.8 Å². The van der Waals surface area contributed by atoms with Crippen molar-refractivity contribution in [2.24, 2.45) is 4.99 Å². The van der Waals surface area contributed by atoms with E-state index in [0.29, 0.717) is 22.9 Å². The van der Waals surface area contributed by atoms with Gasteiger partial charge in [-0.25, -0.2) is 22.3 Å². The first-order valence-corrected chi connectivity index (χ1v) is 9.43. The van der Waals surface area contributed by atoms with Gasteiger partial charge in [-0.1, -0.05) is 11.6 Å². The van der Waals surface area contributed by atoms with Crippen LogP contribution in [0.25, 0.3) is 0 Å². The van der Waals surface area contributed by atoms with E-state index in [4.69, 9.17) is 23.1 Å². The zero-order valence-electron chi connectivity index (χ0n) is 17.3. The molecule has 2 fully saturated rings. The van der Waals surface area contributed by atoms with Crippen LogP contribution in [0.2, 0.25) is 0 Å². The molecule has 146 valence electrons. The predicted molar refractivity (Wildman–Crippen MR) is 103 cm³/mol. The van der Waals surface area contributed by atoms with E-state index in [1.807, 2.05) is 32.6 Å². The SMILES string of the molecule is CC(C)(C)OC(=O)N1C2CCCC1CC2.[CH-]=NC1=[C-]N(C)NC(Cl)=C1C.[Na+]. The number of piperidine rings is 1. The van der Waals surface area contributed by atoms with Gasteiger partial charge in [0.2, 0.25) is 0 Å². The molecule has 3 aliphatic rings. The minimum absolute atomic E-state index is 0. The van der Waals surface area contributed by atoms with Crippen LogP contribution < -0.4 is 35.0 Å². The van der Waals surface area contributed by atoms with Crippen LogP contribution in [-0.4, -0.2) is 47.5 Å². The summed E-state index contributed by atoms with van der Waals surface area (Å²) in [4.78, 5) is 17.5. The Morgan fingerprint density at radius 1 is 1.30 bits per heavy atom. The van der Waals surface area contributed by atoms with Crippen LogP contribution in [0.4, 0.5) is 4.79 Å². The van der Waals surface area contributed by atoms with Gasteiger partial charge >= 0.3 is 35.7 Å². The van der Waals surface area contributed by atoms with Crippen molar-refractivity contribution in [2.75, 3.05) is 7.05 Å². The fourth-order valence-corrected chi connectivity index (χ4v) is 3.68. The molecular formula is C19H29ClN4NaO2-. The summed E-state index contributed by atoms with van der Waals surface area (Å²) in [6, 6.07) is 0.914. The Morgan fingerprint density at radius 2 is 1.85 bits per heavy atom. The Labute approximate surface area is 190 Å². The van der Waals surface area contributed by atoms with E-state index < -0.39 is 0 Å². The van der Waals surface area contributed by atoms with Gasteiger partial charge in [-0.3, -0.25) is 0 Å². The Kier molecular flexibility index (Phi) is 9.19. The first kappa shape index (κ1) is 24.3. The molecular weight excluding hydrogens is 375 g/mol. The molecule has 3 heterocycles. The molecule has 1 N–H and O–H groups in total. The van der Waals surface area contributed by atoms with Crippen molar-refractivity contribution in [3.8, 4) is 0 Å². The number of carbonyl (C=O) groups excluding carboxylic acids is 1. The average molecular weight is 404 g/mol. The molecule has 0 spiro atoms. The smallest absolute Gasteiger partial charge is 0.495 e. The second-order valence-corrected chi connectivity index (χ2v) is 8.28. The molecule has 0 aromatic rings. The van der Waals surface area contributed by atoms with E-state index in [1.54, 1.807) is 12.1 Å². The number of amides is 1. The van der Waals surface area contributed by atoms with Crippen molar-refractivity contribution in [1.82, 2.24) is 15.3 Å². The number of allylic oxidation sites excluding steroid dienone is 1. The van der Waals surface area contributed by atoms with Crippen molar-refractivity contribution >= 4 is 24.4 Å².